The molecule has 0 nitrogen and oxygen atoms in total. The van der Waals surface area contributed by atoms with Gasteiger partial charge in [0.15, 0.2) is 0 Å². The molecule has 0 spiro atoms. The van der Waals surface area contributed by atoms with E-state index in [1.165, 1.54) is 12.8 Å². The molecule has 2 aliphatic rings. The first-order chi connectivity index (χ1) is 3.97. The summed E-state index contributed by atoms with van der Waals surface area (Å²) in [6, 6.07) is 0. The summed E-state index contributed by atoms with van der Waals surface area (Å²) in [6.45, 7) is 0. The Labute approximate surface area is 49.9 Å². The fourth-order valence-corrected chi connectivity index (χ4v) is 1.43. The molecular formula is C8H10. The van der Waals surface area contributed by atoms with Crippen LogP contribution in [-0.2, 0) is 0 Å². The lowest BCUT2D eigenvalue weighted by atomic mass is 9.76. The second-order valence-electron chi connectivity index (χ2n) is 2.63. The van der Waals surface area contributed by atoms with Gasteiger partial charge in [0.05, 0.1) is 0 Å². The maximum atomic E-state index is 2.33. The zero-order valence-corrected chi connectivity index (χ0v) is 4.88. The maximum absolute atomic E-state index is 2.33. The predicted octanol–water partition coefficient (Wildman–Crippen LogP) is 2.14. The molecule has 0 saturated heterocycles. The van der Waals surface area contributed by atoms with Crippen molar-refractivity contribution in [2.45, 2.75) is 12.8 Å². The fourth-order valence-electron chi connectivity index (χ4n) is 1.43. The molecule has 2 atom stereocenters. The Hall–Kier alpha value is -0.520. The van der Waals surface area contributed by atoms with Gasteiger partial charge in [0.25, 0.3) is 0 Å². The Bertz CT molecular complexity index is 142. The van der Waals surface area contributed by atoms with Crippen molar-refractivity contribution in [3.63, 3.8) is 0 Å². The first-order valence-corrected chi connectivity index (χ1v) is 3.32. The van der Waals surface area contributed by atoms with Crippen LogP contribution in [0, 0.1) is 11.8 Å². The molecule has 0 saturated carbocycles. The summed E-state index contributed by atoms with van der Waals surface area (Å²) in [5, 5.41) is 0. The zero-order valence-electron chi connectivity index (χ0n) is 4.88. The monoisotopic (exact) mass is 106 g/mol. The average molecular weight is 106 g/mol. The van der Waals surface area contributed by atoms with Gasteiger partial charge in [-0.15, -0.1) is 0 Å². The third-order valence-corrected chi connectivity index (χ3v) is 2.10. The van der Waals surface area contributed by atoms with Gasteiger partial charge in [-0.05, 0) is 18.8 Å². The molecule has 42 valence electrons. The second-order valence-corrected chi connectivity index (χ2v) is 2.63. The van der Waals surface area contributed by atoms with Crippen LogP contribution < -0.4 is 0 Å². The standard InChI is InChI=1S/C8H10/c1-2-4-8-6-5-7(8)3-1/h1,3,5-8H,2,4H2. The summed E-state index contributed by atoms with van der Waals surface area (Å²) >= 11 is 0. The van der Waals surface area contributed by atoms with Crippen LogP contribution in [0.15, 0.2) is 24.3 Å². The summed E-state index contributed by atoms with van der Waals surface area (Å²) in [4.78, 5) is 0. The largest absolute Gasteiger partial charge is 0.0879 e. The number of rotatable bonds is 0. The van der Waals surface area contributed by atoms with Crippen molar-refractivity contribution in [3.05, 3.63) is 24.3 Å². The molecule has 8 heavy (non-hydrogen) atoms. The van der Waals surface area contributed by atoms with Gasteiger partial charge in [0, 0.05) is 5.92 Å². The van der Waals surface area contributed by atoms with E-state index in [0.717, 1.165) is 11.8 Å². The molecule has 0 aliphatic heterocycles. The average Bonchev–Trinajstić information content (AvgIpc) is 1.72. The summed E-state index contributed by atoms with van der Waals surface area (Å²) in [5.74, 6) is 1.74. The van der Waals surface area contributed by atoms with Crippen LogP contribution in [0.25, 0.3) is 0 Å². The van der Waals surface area contributed by atoms with Crippen molar-refractivity contribution in [1.82, 2.24) is 0 Å². The molecule has 0 N–H and O–H groups in total. The molecule has 0 heteroatoms. The van der Waals surface area contributed by atoms with Crippen LogP contribution in [-0.4, -0.2) is 0 Å². The van der Waals surface area contributed by atoms with Crippen molar-refractivity contribution in [2.24, 2.45) is 11.8 Å². The van der Waals surface area contributed by atoms with Crippen LogP contribution in [0.4, 0.5) is 0 Å². The van der Waals surface area contributed by atoms with Crippen molar-refractivity contribution in [2.75, 3.05) is 0 Å². The van der Waals surface area contributed by atoms with E-state index in [2.05, 4.69) is 24.3 Å². The topological polar surface area (TPSA) is 0 Å². The summed E-state index contributed by atoms with van der Waals surface area (Å²) < 4.78 is 0. The minimum absolute atomic E-state index is 0.823. The van der Waals surface area contributed by atoms with Crippen LogP contribution in [0.1, 0.15) is 12.8 Å². The Morgan fingerprint density at radius 1 is 1.12 bits per heavy atom. The highest BCUT2D eigenvalue weighted by atomic mass is 14.3. The van der Waals surface area contributed by atoms with E-state index in [9.17, 15) is 0 Å². The molecule has 2 aliphatic carbocycles. The minimum atomic E-state index is 0.823. The molecule has 0 radical (unpaired) electrons. The van der Waals surface area contributed by atoms with Gasteiger partial charge in [-0.25, -0.2) is 0 Å². The van der Waals surface area contributed by atoms with E-state index >= 15 is 0 Å². The van der Waals surface area contributed by atoms with E-state index in [4.69, 9.17) is 0 Å². The molecule has 0 aromatic carbocycles. The van der Waals surface area contributed by atoms with Crippen molar-refractivity contribution < 1.29 is 0 Å². The molecule has 0 aromatic rings. The fraction of sp³-hybridized carbons (Fsp3) is 0.500. The molecule has 0 bridgehead atoms. The summed E-state index contributed by atoms with van der Waals surface area (Å²) in [6.07, 6.45) is 11.9. The summed E-state index contributed by atoms with van der Waals surface area (Å²) in [5.41, 5.74) is 0. The quantitative estimate of drug-likeness (QED) is 0.415. The highest BCUT2D eigenvalue weighted by Gasteiger charge is 2.22. The first kappa shape index (κ1) is 4.37. The van der Waals surface area contributed by atoms with E-state index < -0.39 is 0 Å². The van der Waals surface area contributed by atoms with E-state index in [1.54, 1.807) is 0 Å². The third kappa shape index (κ3) is 0.459. The van der Waals surface area contributed by atoms with Gasteiger partial charge in [0.1, 0.15) is 0 Å². The first-order valence-electron chi connectivity index (χ1n) is 3.32. The molecule has 0 heterocycles. The van der Waals surface area contributed by atoms with E-state index in [-0.39, 0.29) is 0 Å². The molecule has 0 aromatic heterocycles. The van der Waals surface area contributed by atoms with Crippen LogP contribution >= 0.6 is 0 Å². The van der Waals surface area contributed by atoms with Gasteiger partial charge < -0.3 is 0 Å². The molecular weight excluding hydrogens is 96.1 g/mol. The lowest BCUT2D eigenvalue weighted by Gasteiger charge is -2.29. The van der Waals surface area contributed by atoms with Crippen molar-refractivity contribution in [1.29, 1.82) is 0 Å². The van der Waals surface area contributed by atoms with Crippen LogP contribution in [0.5, 0.6) is 0 Å². The smallest absolute Gasteiger partial charge is 0.000959 e. The lowest BCUT2D eigenvalue weighted by Crippen LogP contribution is -2.18. The van der Waals surface area contributed by atoms with Crippen LogP contribution in [0.3, 0.4) is 0 Å². The van der Waals surface area contributed by atoms with Gasteiger partial charge >= 0.3 is 0 Å². The highest BCUT2D eigenvalue weighted by Crippen LogP contribution is 2.33. The summed E-state index contributed by atoms with van der Waals surface area (Å²) in [7, 11) is 0. The lowest BCUT2D eigenvalue weighted by molar-refractivity contribution is 0.450. The number of fused-ring (bicyclic) bond motifs is 1. The number of allylic oxidation sites excluding steroid dienone is 4. The van der Waals surface area contributed by atoms with Gasteiger partial charge in [-0.3, -0.25) is 0 Å². The minimum Gasteiger partial charge on any atom is -0.0879 e. The Kier molecular flexibility index (Phi) is 0.806. The number of hydrogen-bond acceptors (Lipinski definition) is 0. The van der Waals surface area contributed by atoms with Gasteiger partial charge in [0.2, 0.25) is 0 Å². The third-order valence-electron chi connectivity index (χ3n) is 2.10. The van der Waals surface area contributed by atoms with Crippen LogP contribution in [0.2, 0.25) is 0 Å². The molecule has 0 fully saturated rings. The normalized spacial score (nSPS) is 41.0. The molecule has 0 amide bonds. The molecule has 2 rings (SSSR count). The van der Waals surface area contributed by atoms with Gasteiger partial charge in [-0.2, -0.15) is 0 Å². The SMILES string of the molecule is C1=CC2C=CC2CC1. The van der Waals surface area contributed by atoms with E-state index in [1.807, 2.05) is 0 Å². The van der Waals surface area contributed by atoms with Crippen molar-refractivity contribution >= 4 is 0 Å². The van der Waals surface area contributed by atoms with Crippen molar-refractivity contribution in [3.8, 4) is 0 Å². The Morgan fingerprint density at radius 3 is 2.50 bits per heavy atom. The Balaban J connectivity index is 2.19. The zero-order chi connectivity index (χ0) is 5.40. The second kappa shape index (κ2) is 1.48. The maximum Gasteiger partial charge on any atom is 0.000959 e. The van der Waals surface area contributed by atoms with E-state index in [0.29, 0.717) is 0 Å². The Morgan fingerprint density at radius 2 is 2.12 bits per heavy atom. The molecule has 2 unspecified atom stereocenters. The highest BCUT2D eigenvalue weighted by molar-refractivity contribution is 5.19. The predicted molar refractivity (Wildman–Crippen MR) is 34.5 cm³/mol. The number of hydrogen-bond donors (Lipinski definition) is 0. The van der Waals surface area contributed by atoms with Gasteiger partial charge in [-0.1, -0.05) is 24.3 Å².